The molecule has 0 saturated carbocycles. The van der Waals surface area contributed by atoms with Gasteiger partial charge in [0.2, 0.25) is 0 Å². The SMILES string of the molecule is COc1ccc(-c2nnc(SCC(=O)c3ccc(C(C)(C)C)cc3)n2C(C)C)cc1. The first kappa shape index (κ1) is 22.1. The van der Waals surface area contributed by atoms with Crippen molar-refractivity contribution in [1.82, 2.24) is 14.8 Å². The number of carbonyl (C=O) groups is 1. The van der Waals surface area contributed by atoms with Crippen molar-refractivity contribution in [2.45, 2.75) is 51.2 Å². The fourth-order valence-corrected chi connectivity index (χ4v) is 4.11. The maximum Gasteiger partial charge on any atom is 0.192 e. The van der Waals surface area contributed by atoms with Crippen molar-refractivity contribution >= 4 is 17.5 Å². The van der Waals surface area contributed by atoms with Crippen LogP contribution in [0.5, 0.6) is 5.75 Å². The van der Waals surface area contributed by atoms with Crippen LogP contribution in [0.4, 0.5) is 0 Å². The number of hydrogen-bond acceptors (Lipinski definition) is 5. The van der Waals surface area contributed by atoms with E-state index in [0.29, 0.717) is 5.75 Å². The lowest BCUT2D eigenvalue weighted by atomic mass is 9.86. The third-order valence-corrected chi connectivity index (χ3v) is 5.88. The van der Waals surface area contributed by atoms with E-state index in [4.69, 9.17) is 4.74 Å². The van der Waals surface area contributed by atoms with Crippen LogP contribution < -0.4 is 4.74 Å². The first-order valence-corrected chi connectivity index (χ1v) is 11.0. The number of methoxy groups -OCH3 is 1. The summed E-state index contributed by atoms with van der Waals surface area (Å²) in [4.78, 5) is 12.7. The summed E-state index contributed by atoms with van der Waals surface area (Å²) in [7, 11) is 1.65. The van der Waals surface area contributed by atoms with Crippen LogP contribution >= 0.6 is 11.8 Å². The lowest BCUT2D eigenvalue weighted by molar-refractivity contribution is 0.102. The largest absolute Gasteiger partial charge is 0.497 e. The van der Waals surface area contributed by atoms with Gasteiger partial charge in [-0.05, 0) is 49.1 Å². The number of aromatic nitrogens is 3. The quantitative estimate of drug-likeness (QED) is 0.355. The molecule has 1 aromatic heterocycles. The highest BCUT2D eigenvalue weighted by molar-refractivity contribution is 7.99. The van der Waals surface area contributed by atoms with Gasteiger partial charge in [0.25, 0.3) is 0 Å². The second kappa shape index (κ2) is 9.04. The van der Waals surface area contributed by atoms with E-state index in [1.807, 2.05) is 48.5 Å². The van der Waals surface area contributed by atoms with Crippen molar-refractivity contribution < 1.29 is 9.53 Å². The molecule has 0 saturated heterocycles. The topological polar surface area (TPSA) is 57.0 Å². The molecule has 0 N–H and O–H groups in total. The summed E-state index contributed by atoms with van der Waals surface area (Å²) in [6, 6.07) is 15.8. The summed E-state index contributed by atoms with van der Waals surface area (Å²) in [6.07, 6.45) is 0. The van der Waals surface area contributed by atoms with Gasteiger partial charge in [-0.15, -0.1) is 10.2 Å². The van der Waals surface area contributed by atoms with Crippen LogP contribution in [0.1, 0.15) is 56.6 Å². The number of ketones is 1. The van der Waals surface area contributed by atoms with Crippen molar-refractivity contribution in [3.63, 3.8) is 0 Å². The fraction of sp³-hybridized carbons (Fsp3) is 0.375. The zero-order valence-electron chi connectivity index (χ0n) is 18.5. The van der Waals surface area contributed by atoms with Crippen molar-refractivity contribution in [2.75, 3.05) is 12.9 Å². The number of rotatable bonds is 7. The molecule has 2 aromatic carbocycles. The highest BCUT2D eigenvalue weighted by Crippen LogP contribution is 2.29. The van der Waals surface area contributed by atoms with Crippen LogP contribution in [-0.2, 0) is 5.41 Å². The smallest absolute Gasteiger partial charge is 0.192 e. The Labute approximate surface area is 182 Å². The molecule has 0 fully saturated rings. The molecule has 0 amide bonds. The molecule has 0 spiro atoms. The number of carbonyl (C=O) groups excluding carboxylic acids is 1. The number of hydrogen-bond donors (Lipinski definition) is 0. The minimum Gasteiger partial charge on any atom is -0.497 e. The molecular formula is C24H29N3O2S. The molecule has 0 unspecified atom stereocenters. The Morgan fingerprint density at radius 3 is 2.20 bits per heavy atom. The van der Waals surface area contributed by atoms with Gasteiger partial charge in [-0.1, -0.05) is 56.8 Å². The van der Waals surface area contributed by atoms with Crippen molar-refractivity contribution in [1.29, 1.82) is 0 Å². The van der Waals surface area contributed by atoms with E-state index in [2.05, 4.69) is 49.4 Å². The second-order valence-electron chi connectivity index (χ2n) is 8.54. The molecule has 158 valence electrons. The molecule has 6 heteroatoms. The number of thioether (sulfide) groups is 1. The van der Waals surface area contributed by atoms with Crippen LogP contribution in [0.2, 0.25) is 0 Å². The van der Waals surface area contributed by atoms with Gasteiger partial charge in [-0.25, -0.2) is 0 Å². The van der Waals surface area contributed by atoms with Crippen molar-refractivity contribution in [3.8, 4) is 17.1 Å². The standard InChI is InChI=1S/C24H29N3O2S/c1-16(2)27-22(18-9-13-20(29-6)14-10-18)25-26-23(27)30-15-21(28)17-7-11-19(12-8-17)24(3,4)5/h7-14,16H,15H2,1-6H3. The maximum atomic E-state index is 12.7. The van der Waals surface area contributed by atoms with Gasteiger partial charge in [-0.2, -0.15) is 0 Å². The number of ether oxygens (including phenoxy) is 1. The second-order valence-corrected chi connectivity index (χ2v) is 9.48. The number of Topliss-reactive ketones (excluding diaryl/α,β-unsaturated/α-hetero) is 1. The first-order chi connectivity index (χ1) is 14.2. The molecule has 30 heavy (non-hydrogen) atoms. The normalized spacial score (nSPS) is 11.7. The van der Waals surface area contributed by atoms with E-state index in [9.17, 15) is 4.79 Å². The van der Waals surface area contributed by atoms with E-state index >= 15 is 0 Å². The minimum atomic E-state index is 0.0713. The summed E-state index contributed by atoms with van der Waals surface area (Å²) in [5.41, 5.74) is 2.98. The Balaban J connectivity index is 1.76. The summed E-state index contributed by atoms with van der Waals surface area (Å²) in [5, 5.41) is 9.50. The average Bonchev–Trinajstić information content (AvgIpc) is 3.16. The third-order valence-electron chi connectivity index (χ3n) is 4.93. The summed E-state index contributed by atoms with van der Waals surface area (Å²) < 4.78 is 7.31. The zero-order valence-corrected chi connectivity index (χ0v) is 19.3. The van der Waals surface area contributed by atoms with Gasteiger partial charge >= 0.3 is 0 Å². The Kier molecular flexibility index (Phi) is 6.66. The van der Waals surface area contributed by atoms with E-state index in [1.54, 1.807) is 7.11 Å². The van der Waals surface area contributed by atoms with Gasteiger partial charge in [-0.3, -0.25) is 9.36 Å². The maximum absolute atomic E-state index is 12.7. The molecule has 0 aliphatic carbocycles. The Bertz CT molecular complexity index is 1000. The van der Waals surface area contributed by atoms with E-state index in [0.717, 1.165) is 27.9 Å². The van der Waals surface area contributed by atoms with Gasteiger partial charge < -0.3 is 4.74 Å². The molecule has 0 aliphatic rings. The molecule has 3 aromatic rings. The van der Waals surface area contributed by atoms with Crippen molar-refractivity contribution in [2.24, 2.45) is 0 Å². The van der Waals surface area contributed by atoms with E-state index < -0.39 is 0 Å². The van der Waals surface area contributed by atoms with Crippen LogP contribution in [0.3, 0.4) is 0 Å². The van der Waals surface area contributed by atoms with Gasteiger partial charge in [0.1, 0.15) is 5.75 Å². The molecule has 0 radical (unpaired) electrons. The van der Waals surface area contributed by atoms with Gasteiger partial charge in [0.15, 0.2) is 16.8 Å². The van der Waals surface area contributed by atoms with Crippen LogP contribution in [0.25, 0.3) is 11.4 Å². The van der Waals surface area contributed by atoms with Crippen LogP contribution in [0.15, 0.2) is 53.7 Å². The summed E-state index contributed by atoms with van der Waals surface area (Å²) >= 11 is 1.43. The predicted octanol–water partition coefficient (Wildman–Crippen LogP) is 5.81. The van der Waals surface area contributed by atoms with E-state index in [1.165, 1.54) is 17.3 Å². The fourth-order valence-electron chi connectivity index (χ4n) is 3.15. The lowest BCUT2D eigenvalue weighted by Crippen LogP contribution is -2.12. The predicted molar refractivity (Wildman–Crippen MR) is 123 cm³/mol. The Hall–Kier alpha value is -2.60. The molecule has 1 heterocycles. The van der Waals surface area contributed by atoms with Crippen molar-refractivity contribution in [3.05, 3.63) is 59.7 Å². The summed E-state index contributed by atoms with van der Waals surface area (Å²) in [5.74, 6) is 2.00. The van der Waals surface area contributed by atoms with Gasteiger partial charge in [0, 0.05) is 17.2 Å². The number of benzene rings is 2. The number of nitrogens with zero attached hydrogens (tertiary/aromatic N) is 3. The molecule has 0 atom stereocenters. The highest BCUT2D eigenvalue weighted by atomic mass is 32.2. The molecule has 3 rings (SSSR count). The summed E-state index contributed by atoms with van der Waals surface area (Å²) in [6.45, 7) is 10.7. The molecular weight excluding hydrogens is 394 g/mol. The van der Waals surface area contributed by atoms with E-state index in [-0.39, 0.29) is 17.2 Å². The molecule has 0 bridgehead atoms. The third kappa shape index (κ3) is 4.93. The Morgan fingerprint density at radius 2 is 1.67 bits per heavy atom. The highest BCUT2D eigenvalue weighted by Gasteiger charge is 2.19. The van der Waals surface area contributed by atoms with Crippen LogP contribution in [-0.4, -0.2) is 33.4 Å². The monoisotopic (exact) mass is 423 g/mol. The lowest BCUT2D eigenvalue weighted by Gasteiger charge is -2.19. The molecule has 0 aliphatic heterocycles. The molecule has 5 nitrogen and oxygen atoms in total. The van der Waals surface area contributed by atoms with Gasteiger partial charge in [0.05, 0.1) is 12.9 Å². The zero-order chi connectivity index (χ0) is 21.9. The van der Waals surface area contributed by atoms with Crippen LogP contribution in [0, 0.1) is 0 Å². The minimum absolute atomic E-state index is 0.0713. The Morgan fingerprint density at radius 1 is 1.03 bits per heavy atom. The average molecular weight is 424 g/mol. The first-order valence-electron chi connectivity index (χ1n) is 10.1.